The summed E-state index contributed by atoms with van der Waals surface area (Å²) in [5.74, 6) is -0.212. The monoisotopic (exact) mass is 264 g/mol. The first-order valence-electron chi connectivity index (χ1n) is 5.88. The van der Waals surface area contributed by atoms with Gasteiger partial charge in [-0.05, 0) is 19.1 Å². The summed E-state index contributed by atoms with van der Waals surface area (Å²) >= 11 is 1.51. The van der Waals surface area contributed by atoms with Crippen LogP contribution in [0.1, 0.15) is 24.2 Å². The van der Waals surface area contributed by atoms with Gasteiger partial charge in [0.25, 0.3) is 0 Å². The molecule has 1 aliphatic rings. The van der Waals surface area contributed by atoms with Crippen LogP contribution in [0.3, 0.4) is 0 Å². The van der Waals surface area contributed by atoms with E-state index in [0.717, 1.165) is 10.6 Å². The number of carbonyl (C=O) groups is 2. The number of hydrogen-bond donors (Lipinski definition) is 2. The Morgan fingerprint density at radius 2 is 2.28 bits per heavy atom. The fourth-order valence-electron chi connectivity index (χ4n) is 1.75. The molecule has 0 aliphatic carbocycles. The lowest BCUT2D eigenvalue weighted by atomic mass is 9.99. The van der Waals surface area contributed by atoms with Crippen molar-refractivity contribution < 1.29 is 9.59 Å². The van der Waals surface area contributed by atoms with Crippen molar-refractivity contribution in [3.8, 4) is 0 Å². The Morgan fingerprint density at radius 1 is 1.56 bits per heavy atom. The summed E-state index contributed by atoms with van der Waals surface area (Å²) in [6, 6.07) is 5.41. The van der Waals surface area contributed by atoms with E-state index in [9.17, 15) is 9.59 Å². The van der Waals surface area contributed by atoms with Crippen LogP contribution in [0, 0.1) is 5.92 Å². The fourth-order valence-corrected chi connectivity index (χ4v) is 2.68. The summed E-state index contributed by atoms with van der Waals surface area (Å²) in [7, 11) is 0. The van der Waals surface area contributed by atoms with Crippen molar-refractivity contribution in [3.63, 3.8) is 0 Å². The zero-order chi connectivity index (χ0) is 13.3. The molecule has 1 amide bonds. The van der Waals surface area contributed by atoms with E-state index >= 15 is 0 Å². The van der Waals surface area contributed by atoms with E-state index < -0.39 is 0 Å². The molecule has 1 heterocycles. The van der Waals surface area contributed by atoms with Gasteiger partial charge in [0, 0.05) is 22.9 Å². The molecule has 4 nitrogen and oxygen atoms in total. The topological polar surface area (TPSA) is 72.2 Å². The second-order valence-electron chi connectivity index (χ2n) is 4.46. The molecule has 0 bridgehead atoms. The molecule has 5 heteroatoms. The quantitative estimate of drug-likeness (QED) is 0.818. The number of ketones is 1. The van der Waals surface area contributed by atoms with Crippen LogP contribution in [0.25, 0.3) is 0 Å². The van der Waals surface area contributed by atoms with Gasteiger partial charge in [-0.2, -0.15) is 0 Å². The van der Waals surface area contributed by atoms with Gasteiger partial charge < -0.3 is 11.1 Å². The van der Waals surface area contributed by atoms with Crippen molar-refractivity contribution in [2.75, 3.05) is 11.9 Å². The van der Waals surface area contributed by atoms with E-state index in [-0.39, 0.29) is 22.9 Å². The van der Waals surface area contributed by atoms with Crippen LogP contribution < -0.4 is 11.1 Å². The fraction of sp³-hybridized carbons (Fsp3) is 0.385. The number of thioether (sulfide) groups is 1. The Balaban J connectivity index is 2.30. The Morgan fingerprint density at radius 3 is 2.94 bits per heavy atom. The van der Waals surface area contributed by atoms with E-state index in [0.29, 0.717) is 12.1 Å². The zero-order valence-corrected chi connectivity index (χ0v) is 11.2. The summed E-state index contributed by atoms with van der Waals surface area (Å²) in [4.78, 5) is 24.6. The van der Waals surface area contributed by atoms with E-state index in [1.165, 1.54) is 11.8 Å². The highest BCUT2D eigenvalue weighted by atomic mass is 32.2. The van der Waals surface area contributed by atoms with Crippen molar-refractivity contribution in [3.05, 3.63) is 23.8 Å². The predicted octanol–water partition coefficient (Wildman–Crippen LogP) is 1.90. The second-order valence-corrected chi connectivity index (χ2v) is 5.84. The molecule has 96 valence electrons. The smallest absolute Gasteiger partial charge is 0.237 e. The lowest BCUT2D eigenvalue weighted by Crippen LogP contribution is -2.27. The molecule has 0 fully saturated rings. The normalized spacial score (nSPS) is 19.9. The third-order valence-electron chi connectivity index (χ3n) is 3.00. The molecular formula is C13H16N2O2S. The van der Waals surface area contributed by atoms with E-state index in [1.807, 2.05) is 13.0 Å². The van der Waals surface area contributed by atoms with Crippen LogP contribution in [0.15, 0.2) is 23.1 Å². The molecule has 2 rings (SSSR count). The zero-order valence-electron chi connectivity index (χ0n) is 10.4. The Hall–Kier alpha value is -1.33. The molecule has 1 aromatic carbocycles. The third-order valence-corrected chi connectivity index (χ3v) is 4.17. The van der Waals surface area contributed by atoms with Crippen LogP contribution in [-0.4, -0.2) is 23.5 Å². The largest absolute Gasteiger partial charge is 0.330 e. The number of carbonyl (C=O) groups excluding carboxylic acids is 2. The molecular weight excluding hydrogens is 248 g/mol. The second kappa shape index (κ2) is 5.12. The van der Waals surface area contributed by atoms with Crippen LogP contribution in [0.4, 0.5) is 5.69 Å². The number of benzene rings is 1. The van der Waals surface area contributed by atoms with Gasteiger partial charge in [0.1, 0.15) is 0 Å². The molecule has 2 atom stereocenters. The molecule has 3 N–H and O–H groups in total. The lowest BCUT2D eigenvalue weighted by Gasteiger charge is -2.22. The highest BCUT2D eigenvalue weighted by Crippen LogP contribution is 2.36. The molecule has 0 radical (unpaired) electrons. The number of hydrogen-bond acceptors (Lipinski definition) is 4. The lowest BCUT2D eigenvalue weighted by molar-refractivity contribution is -0.115. The number of amides is 1. The van der Waals surface area contributed by atoms with Gasteiger partial charge in [0.2, 0.25) is 5.91 Å². The highest BCUT2D eigenvalue weighted by molar-refractivity contribution is 8.00. The van der Waals surface area contributed by atoms with Crippen molar-refractivity contribution in [1.29, 1.82) is 0 Å². The SMILES string of the molecule is CC(CN)C(=O)c1ccc2c(c1)NC(=O)C(C)S2. The number of nitrogens with one attached hydrogen (secondary N) is 1. The summed E-state index contributed by atoms with van der Waals surface area (Å²) in [5.41, 5.74) is 6.81. The number of Topliss-reactive ketones (excluding diaryl/α,β-unsaturated/α-hetero) is 1. The Bertz CT molecular complexity index is 502. The predicted molar refractivity (Wildman–Crippen MR) is 72.9 cm³/mol. The van der Waals surface area contributed by atoms with Crippen molar-refractivity contribution in [1.82, 2.24) is 0 Å². The van der Waals surface area contributed by atoms with Gasteiger partial charge in [0.05, 0.1) is 10.9 Å². The Labute approximate surface area is 110 Å². The summed E-state index contributed by atoms with van der Waals surface area (Å²) in [5, 5.41) is 2.72. The maximum atomic E-state index is 12.0. The number of fused-ring (bicyclic) bond motifs is 1. The molecule has 0 saturated heterocycles. The summed E-state index contributed by atoms with van der Waals surface area (Å²) in [6.07, 6.45) is 0. The number of rotatable bonds is 3. The average Bonchev–Trinajstić information content (AvgIpc) is 2.37. The minimum Gasteiger partial charge on any atom is -0.330 e. The van der Waals surface area contributed by atoms with E-state index in [2.05, 4.69) is 5.32 Å². The first-order valence-corrected chi connectivity index (χ1v) is 6.76. The molecule has 2 unspecified atom stereocenters. The molecule has 1 aliphatic heterocycles. The van der Waals surface area contributed by atoms with Crippen molar-refractivity contribution >= 4 is 29.1 Å². The maximum Gasteiger partial charge on any atom is 0.237 e. The van der Waals surface area contributed by atoms with Crippen LogP contribution in [-0.2, 0) is 4.79 Å². The maximum absolute atomic E-state index is 12.0. The van der Waals surface area contributed by atoms with E-state index in [1.54, 1.807) is 19.1 Å². The summed E-state index contributed by atoms with van der Waals surface area (Å²) < 4.78 is 0. The minimum atomic E-state index is -0.200. The molecule has 18 heavy (non-hydrogen) atoms. The first kappa shape index (κ1) is 13.1. The van der Waals surface area contributed by atoms with Crippen molar-refractivity contribution in [2.45, 2.75) is 24.0 Å². The average molecular weight is 264 g/mol. The van der Waals surface area contributed by atoms with E-state index in [4.69, 9.17) is 5.73 Å². The van der Waals surface area contributed by atoms with Gasteiger partial charge in [-0.15, -0.1) is 11.8 Å². The van der Waals surface area contributed by atoms with Gasteiger partial charge in [-0.1, -0.05) is 13.0 Å². The summed E-state index contributed by atoms with van der Waals surface area (Å²) in [6.45, 7) is 3.99. The Kier molecular flexibility index (Phi) is 3.73. The molecule has 1 aromatic rings. The van der Waals surface area contributed by atoms with Gasteiger partial charge in [0.15, 0.2) is 5.78 Å². The first-order chi connectivity index (χ1) is 8.52. The third kappa shape index (κ3) is 2.42. The van der Waals surface area contributed by atoms with Gasteiger partial charge in [-0.3, -0.25) is 9.59 Å². The van der Waals surface area contributed by atoms with Gasteiger partial charge >= 0.3 is 0 Å². The van der Waals surface area contributed by atoms with Crippen molar-refractivity contribution in [2.24, 2.45) is 11.7 Å². The molecule has 0 aromatic heterocycles. The highest BCUT2D eigenvalue weighted by Gasteiger charge is 2.24. The van der Waals surface area contributed by atoms with Crippen LogP contribution in [0.5, 0.6) is 0 Å². The van der Waals surface area contributed by atoms with Crippen LogP contribution in [0.2, 0.25) is 0 Å². The van der Waals surface area contributed by atoms with Crippen LogP contribution >= 0.6 is 11.8 Å². The number of nitrogens with two attached hydrogens (primary N) is 1. The minimum absolute atomic E-state index is 0.0122. The van der Waals surface area contributed by atoms with Gasteiger partial charge in [-0.25, -0.2) is 0 Å². The molecule has 0 saturated carbocycles. The standard InChI is InChI=1S/C13H16N2O2S/c1-7(6-14)12(16)9-3-4-11-10(5-9)15-13(17)8(2)18-11/h3-5,7-8H,6,14H2,1-2H3,(H,15,17). The molecule has 0 spiro atoms. The number of anilines is 1.